The number of carbonyl (C=O) groups excluding carboxylic acids is 4. The molecule has 0 aliphatic carbocycles. The number of aryl methyl sites for hydroxylation is 1. The Kier molecular flexibility index (Phi) is 13.4. The van der Waals surface area contributed by atoms with Crippen LogP contribution in [0.3, 0.4) is 0 Å². The number of carbonyl (C=O) groups is 4. The Bertz CT molecular complexity index is 2940. The molecule has 1 unspecified atom stereocenters. The van der Waals surface area contributed by atoms with Crippen molar-refractivity contribution in [1.82, 2.24) is 24.5 Å². The van der Waals surface area contributed by atoms with Gasteiger partial charge in [0.1, 0.15) is 30.6 Å². The Labute approximate surface area is 373 Å². The fourth-order valence-corrected chi connectivity index (χ4v) is 9.46. The molecule has 0 radical (unpaired) electrons. The number of hydrogen-bond acceptors (Lipinski definition) is 10. The van der Waals surface area contributed by atoms with E-state index in [1.165, 1.54) is 28.3 Å². The molecule has 3 fully saturated rings. The zero-order chi connectivity index (χ0) is 45.7. The SMILES string of the molecule is Cn1c(=O)n(C2CCC(=O)NC2=O)c2ccc(C3CCNCC3)cc21.O=C(CCOCc1ccccc1)Nc1ccc2c(F)c(N3CC(=O)NS3(=O)=O)c(OCc3ccccc3)cc2c1. The minimum absolute atomic E-state index is 0.0352. The molecule has 65 heavy (non-hydrogen) atoms. The number of imidazole rings is 1. The summed E-state index contributed by atoms with van der Waals surface area (Å²) in [6.07, 6.45) is 2.92. The number of rotatable bonds is 12. The van der Waals surface area contributed by atoms with Crippen LogP contribution in [0.25, 0.3) is 21.8 Å². The van der Waals surface area contributed by atoms with E-state index in [4.69, 9.17) is 9.47 Å². The number of imide groups is 1. The summed E-state index contributed by atoms with van der Waals surface area (Å²) in [5.74, 6) is -2.16. The van der Waals surface area contributed by atoms with Crippen molar-refractivity contribution < 1.29 is 41.5 Å². The Morgan fingerprint density at radius 1 is 0.831 bits per heavy atom. The lowest BCUT2D eigenvalue weighted by molar-refractivity contribution is -0.135. The molecule has 5 aromatic carbocycles. The van der Waals surface area contributed by atoms with E-state index in [-0.39, 0.29) is 60.4 Å². The topological polar surface area (TPSA) is 199 Å². The molecule has 9 rings (SSSR count). The highest BCUT2D eigenvalue weighted by molar-refractivity contribution is 7.92. The molecule has 18 heteroatoms. The molecule has 3 aliphatic heterocycles. The van der Waals surface area contributed by atoms with Gasteiger partial charge in [0.15, 0.2) is 5.82 Å². The van der Waals surface area contributed by atoms with Crippen LogP contribution in [0.1, 0.15) is 60.8 Å². The standard InChI is InChI=1S/C29H26FN3O6S.C18H22N4O3/c30-28-24-12-11-23(31-26(34)13-14-38-18-20-7-3-1-4-8-20)15-22(24)16-25(39-19-21-9-5-2-6-10-21)29(28)33-17-27(35)32-40(33,36)37;1-21-15-10-12(11-6-8-19-9-7-11)2-3-13(15)22(18(21)25)14-4-5-16(23)20-17(14)24/h1-12,15-16H,13-14,17-19H2,(H,31,34)(H,32,35);2-3,10-11,14,19H,4-9H2,1H3,(H,20,23,24). The Morgan fingerprint density at radius 2 is 1.54 bits per heavy atom. The number of benzene rings is 5. The van der Waals surface area contributed by atoms with Gasteiger partial charge >= 0.3 is 15.9 Å². The van der Waals surface area contributed by atoms with Crippen LogP contribution < -0.4 is 35.4 Å². The summed E-state index contributed by atoms with van der Waals surface area (Å²) in [5, 5.41) is 8.95. The maximum Gasteiger partial charge on any atom is 0.329 e. The van der Waals surface area contributed by atoms with Gasteiger partial charge in [-0.15, -0.1) is 0 Å². The first kappa shape index (κ1) is 44.7. The van der Waals surface area contributed by atoms with Gasteiger partial charge in [-0.25, -0.2) is 18.2 Å². The molecule has 4 N–H and O–H groups in total. The van der Waals surface area contributed by atoms with E-state index < -0.39 is 40.4 Å². The van der Waals surface area contributed by atoms with Crippen molar-refractivity contribution >= 4 is 67.0 Å². The van der Waals surface area contributed by atoms with Gasteiger partial charge in [0.25, 0.3) is 5.91 Å². The van der Waals surface area contributed by atoms with Crippen LogP contribution >= 0.6 is 0 Å². The third-order valence-electron chi connectivity index (χ3n) is 11.6. The molecular weight excluding hydrogens is 858 g/mol. The highest BCUT2D eigenvalue weighted by Gasteiger charge is 2.38. The Balaban J connectivity index is 0.000000197. The molecule has 0 spiro atoms. The zero-order valence-corrected chi connectivity index (χ0v) is 36.4. The first-order chi connectivity index (χ1) is 31.4. The zero-order valence-electron chi connectivity index (χ0n) is 35.5. The van der Waals surface area contributed by atoms with Gasteiger partial charge in [0, 0.05) is 24.5 Å². The number of amides is 4. The van der Waals surface area contributed by atoms with Crippen LogP contribution in [-0.4, -0.2) is 67.4 Å². The highest BCUT2D eigenvalue weighted by atomic mass is 32.2. The maximum absolute atomic E-state index is 15.9. The number of hydrogen-bond donors (Lipinski definition) is 4. The molecule has 1 aromatic heterocycles. The second-order valence-corrected chi connectivity index (χ2v) is 17.7. The van der Waals surface area contributed by atoms with Crippen LogP contribution in [0, 0.1) is 5.82 Å². The monoisotopic (exact) mass is 905 g/mol. The maximum atomic E-state index is 15.9. The summed E-state index contributed by atoms with van der Waals surface area (Å²) in [6.45, 7) is 2.10. The second-order valence-electron chi connectivity index (χ2n) is 16.1. The predicted octanol–water partition coefficient (Wildman–Crippen LogP) is 5.07. The summed E-state index contributed by atoms with van der Waals surface area (Å²) >= 11 is 0. The Hall–Kier alpha value is -6.89. The van der Waals surface area contributed by atoms with Gasteiger partial charge in [-0.05, 0) is 96.7 Å². The molecule has 0 saturated carbocycles. The van der Waals surface area contributed by atoms with Crippen LogP contribution in [0.5, 0.6) is 5.75 Å². The number of aromatic nitrogens is 2. The molecule has 4 heterocycles. The van der Waals surface area contributed by atoms with E-state index in [0.717, 1.165) is 48.1 Å². The minimum atomic E-state index is -4.29. The van der Waals surface area contributed by atoms with Crippen molar-refractivity contribution in [3.8, 4) is 5.75 Å². The number of halogens is 1. The molecule has 6 aromatic rings. The van der Waals surface area contributed by atoms with Crippen molar-refractivity contribution in [2.45, 2.75) is 57.3 Å². The number of nitrogens with one attached hydrogen (secondary N) is 4. The average Bonchev–Trinajstić information content (AvgIpc) is 3.72. The predicted molar refractivity (Wildman–Crippen MR) is 242 cm³/mol. The van der Waals surface area contributed by atoms with E-state index in [1.807, 2.05) is 71.5 Å². The van der Waals surface area contributed by atoms with Gasteiger partial charge < -0.3 is 20.1 Å². The smallest absolute Gasteiger partial charge is 0.329 e. The van der Waals surface area contributed by atoms with Crippen molar-refractivity contribution in [3.05, 3.63) is 136 Å². The van der Waals surface area contributed by atoms with Gasteiger partial charge in [-0.1, -0.05) is 66.7 Å². The van der Waals surface area contributed by atoms with Crippen molar-refractivity contribution in [1.29, 1.82) is 0 Å². The lowest BCUT2D eigenvalue weighted by Gasteiger charge is -2.23. The number of nitrogens with zero attached hydrogens (tertiary/aromatic N) is 3. The molecule has 3 saturated heterocycles. The average molecular weight is 906 g/mol. The fourth-order valence-electron chi connectivity index (χ4n) is 8.30. The lowest BCUT2D eigenvalue weighted by atomic mass is 9.90. The fraction of sp³-hybridized carbons (Fsp3) is 0.298. The summed E-state index contributed by atoms with van der Waals surface area (Å²) in [7, 11) is -2.56. The number of piperidine rings is 2. The van der Waals surface area contributed by atoms with Crippen LogP contribution in [0.2, 0.25) is 0 Å². The van der Waals surface area contributed by atoms with E-state index >= 15 is 4.39 Å². The normalized spacial score (nSPS) is 17.4. The third-order valence-corrected chi connectivity index (χ3v) is 13.0. The first-order valence-corrected chi connectivity index (χ1v) is 22.7. The van der Waals surface area contributed by atoms with E-state index in [9.17, 15) is 32.4 Å². The van der Waals surface area contributed by atoms with E-state index in [1.54, 1.807) is 17.7 Å². The van der Waals surface area contributed by atoms with Crippen LogP contribution in [0.4, 0.5) is 15.8 Å². The summed E-state index contributed by atoms with van der Waals surface area (Å²) in [5.41, 5.74) is 4.46. The van der Waals surface area contributed by atoms with Gasteiger partial charge in [0.05, 0.1) is 30.7 Å². The van der Waals surface area contributed by atoms with Crippen molar-refractivity contribution in [3.63, 3.8) is 0 Å². The van der Waals surface area contributed by atoms with E-state index in [0.29, 0.717) is 34.3 Å². The quantitative estimate of drug-likeness (QED) is 0.0951. The number of fused-ring (bicyclic) bond motifs is 2. The largest absolute Gasteiger partial charge is 0.487 e. The number of ether oxygens (including phenoxy) is 2. The molecule has 3 aliphatic rings. The van der Waals surface area contributed by atoms with Crippen molar-refractivity contribution in [2.24, 2.45) is 7.05 Å². The highest BCUT2D eigenvalue weighted by Crippen LogP contribution is 2.40. The third kappa shape index (κ3) is 10.1. The summed E-state index contributed by atoms with van der Waals surface area (Å²) < 4.78 is 58.1. The van der Waals surface area contributed by atoms with Crippen molar-refractivity contribution in [2.75, 3.05) is 35.9 Å². The summed E-state index contributed by atoms with van der Waals surface area (Å²) in [4.78, 5) is 60.7. The molecule has 16 nitrogen and oxygen atoms in total. The first-order valence-electron chi connectivity index (χ1n) is 21.3. The van der Waals surface area contributed by atoms with Gasteiger partial charge in [-0.2, -0.15) is 8.42 Å². The summed E-state index contributed by atoms with van der Waals surface area (Å²) in [6, 6.07) is 30.2. The Morgan fingerprint density at radius 3 is 2.22 bits per heavy atom. The molecule has 0 bridgehead atoms. The van der Waals surface area contributed by atoms with Gasteiger partial charge in [-0.3, -0.25) is 33.6 Å². The van der Waals surface area contributed by atoms with Crippen LogP contribution in [-0.2, 0) is 54.4 Å². The van der Waals surface area contributed by atoms with E-state index in [2.05, 4.69) is 28.1 Å². The van der Waals surface area contributed by atoms with Crippen LogP contribution in [0.15, 0.2) is 108 Å². The number of anilines is 2. The minimum Gasteiger partial charge on any atom is -0.487 e. The molecule has 338 valence electrons. The second kappa shape index (κ2) is 19.5. The van der Waals surface area contributed by atoms with Gasteiger partial charge in [0.2, 0.25) is 17.7 Å². The molecule has 4 amide bonds. The molecular formula is C47H48FN7O9S. The lowest BCUT2D eigenvalue weighted by Crippen LogP contribution is -2.44. The molecule has 1 atom stereocenters.